The molecule has 0 amide bonds. The number of fused-ring (bicyclic) bond motifs is 3. The Balaban J connectivity index is 2.02. The molecule has 1 aliphatic rings. The highest BCUT2D eigenvalue weighted by molar-refractivity contribution is 7.13. The van der Waals surface area contributed by atoms with E-state index in [9.17, 15) is 0 Å². The maximum absolute atomic E-state index is 4.52. The predicted molar refractivity (Wildman–Crippen MR) is 86.4 cm³/mol. The quantitative estimate of drug-likeness (QED) is 0.703. The summed E-state index contributed by atoms with van der Waals surface area (Å²) in [6, 6.07) is 12.8. The standard InChI is InChI=1S/C17H17N3S/c1-3-17(2)11-12-7-4-5-8-13(12)15-18-19-16(20(15)17)14-9-6-10-21-14/h4-10H,3,11H2,1-2H3/t17-/m0/s1. The first-order valence-corrected chi connectivity index (χ1v) is 8.19. The minimum absolute atomic E-state index is 0.0342. The zero-order valence-electron chi connectivity index (χ0n) is 12.2. The first-order chi connectivity index (χ1) is 10.2. The van der Waals surface area contributed by atoms with Gasteiger partial charge in [0.25, 0.3) is 0 Å². The third kappa shape index (κ3) is 1.79. The molecule has 0 saturated carbocycles. The molecule has 0 fully saturated rings. The van der Waals surface area contributed by atoms with Crippen LogP contribution in [0.2, 0.25) is 0 Å². The number of aromatic nitrogens is 3. The Labute approximate surface area is 128 Å². The second kappa shape index (κ2) is 4.53. The zero-order valence-corrected chi connectivity index (χ0v) is 13.0. The van der Waals surface area contributed by atoms with Crippen LogP contribution in [-0.4, -0.2) is 14.8 Å². The van der Waals surface area contributed by atoms with Crippen molar-refractivity contribution in [1.29, 1.82) is 0 Å². The first kappa shape index (κ1) is 12.8. The fourth-order valence-electron chi connectivity index (χ4n) is 3.20. The summed E-state index contributed by atoms with van der Waals surface area (Å²) in [5, 5.41) is 11.1. The van der Waals surface area contributed by atoms with Crippen molar-refractivity contribution in [3.8, 4) is 22.1 Å². The summed E-state index contributed by atoms with van der Waals surface area (Å²) in [4.78, 5) is 1.19. The van der Waals surface area contributed by atoms with Crippen LogP contribution in [0.15, 0.2) is 41.8 Å². The van der Waals surface area contributed by atoms with Crippen LogP contribution in [-0.2, 0) is 12.0 Å². The molecule has 3 aromatic rings. The molecular weight excluding hydrogens is 278 g/mol. The Hall–Kier alpha value is -1.94. The van der Waals surface area contributed by atoms with E-state index in [4.69, 9.17) is 0 Å². The second-order valence-electron chi connectivity index (χ2n) is 5.84. The highest BCUT2D eigenvalue weighted by atomic mass is 32.1. The maximum atomic E-state index is 4.52. The van der Waals surface area contributed by atoms with E-state index in [0.717, 1.165) is 24.5 Å². The van der Waals surface area contributed by atoms with Crippen LogP contribution in [0.1, 0.15) is 25.8 Å². The van der Waals surface area contributed by atoms with Gasteiger partial charge in [-0.25, -0.2) is 0 Å². The Morgan fingerprint density at radius 1 is 1.14 bits per heavy atom. The van der Waals surface area contributed by atoms with Gasteiger partial charge in [-0.05, 0) is 36.8 Å². The summed E-state index contributed by atoms with van der Waals surface area (Å²) in [7, 11) is 0. The Bertz CT molecular complexity index is 788. The molecule has 0 N–H and O–H groups in total. The average Bonchev–Trinajstić information content (AvgIpc) is 3.16. The molecule has 1 aromatic carbocycles. The van der Waals surface area contributed by atoms with E-state index in [0.29, 0.717) is 0 Å². The summed E-state index contributed by atoms with van der Waals surface area (Å²) in [6.45, 7) is 4.56. The van der Waals surface area contributed by atoms with Gasteiger partial charge in [0, 0.05) is 11.1 Å². The molecule has 21 heavy (non-hydrogen) atoms. The van der Waals surface area contributed by atoms with Crippen molar-refractivity contribution < 1.29 is 0 Å². The summed E-state index contributed by atoms with van der Waals surface area (Å²) >= 11 is 1.72. The van der Waals surface area contributed by atoms with Crippen molar-refractivity contribution in [2.45, 2.75) is 32.2 Å². The van der Waals surface area contributed by atoms with Gasteiger partial charge in [0.2, 0.25) is 0 Å². The molecule has 1 atom stereocenters. The zero-order chi connectivity index (χ0) is 14.4. The molecule has 1 aliphatic heterocycles. The topological polar surface area (TPSA) is 30.7 Å². The SMILES string of the molecule is CC[C@@]1(C)Cc2ccccc2-c2nnc(-c3cccs3)n21. The van der Waals surface area contributed by atoms with Gasteiger partial charge in [-0.2, -0.15) is 0 Å². The molecule has 3 heterocycles. The molecule has 0 radical (unpaired) electrons. The van der Waals surface area contributed by atoms with E-state index in [1.54, 1.807) is 11.3 Å². The predicted octanol–water partition coefficient (Wildman–Crippen LogP) is 4.35. The highest BCUT2D eigenvalue weighted by Crippen LogP contribution is 2.42. The van der Waals surface area contributed by atoms with E-state index < -0.39 is 0 Å². The molecule has 0 saturated heterocycles. The van der Waals surface area contributed by atoms with Crippen molar-refractivity contribution in [3.63, 3.8) is 0 Å². The summed E-state index contributed by atoms with van der Waals surface area (Å²) < 4.78 is 2.35. The van der Waals surface area contributed by atoms with E-state index in [-0.39, 0.29) is 5.54 Å². The number of hydrogen-bond donors (Lipinski definition) is 0. The van der Waals surface area contributed by atoms with E-state index in [2.05, 4.69) is 70.4 Å². The van der Waals surface area contributed by atoms with Crippen LogP contribution >= 0.6 is 11.3 Å². The van der Waals surface area contributed by atoms with Crippen LogP contribution in [0.25, 0.3) is 22.1 Å². The lowest BCUT2D eigenvalue weighted by Gasteiger charge is -2.37. The third-order valence-corrected chi connectivity index (χ3v) is 5.40. The van der Waals surface area contributed by atoms with Crippen LogP contribution in [0.3, 0.4) is 0 Å². The molecular formula is C17H17N3S. The minimum Gasteiger partial charge on any atom is -0.300 e. The Morgan fingerprint density at radius 3 is 2.71 bits per heavy atom. The second-order valence-corrected chi connectivity index (χ2v) is 6.79. The van der Waals surface area contributed by atoms with Gasteiger partial charge in [-0.15, -0.1) is 21.5 Å². The van der Waals surface area contributed by atoms with Gasteiger partial charge in [-0.1, -0.05) is 37.3 Å². The van der Waals surface area contributed by atoms with Gasteiger partial charge in [0.1, 0.15) is 0 Å². The molecule has 0 unspecified atom stereocenters. The fourth-order valence-corrected chi connectivity index (χ4v) is 3.90. The molecule has 106 valence electrons. The molecule has 0 bridgehead atoms. The van der Waals surface area contributed by atoms with Crippen LogP contribution in [0.5, 0.6) is 0 Å². The van der Waals surface area contributed by atoms with Crippen molar-refractivity contribution in [1.82, 2.24) is 14.8 Å². The minimum atomic E-state index is 0.0342. The number of thiophene rings is 1. The summed E-state index contributed by atoms with van der Waals surface area (Å²) in [6.07, 6.45) is 2.09. The van der Waals surface area contributed by atoms with Crippen LogP contribution in [0.4, 0.5) is 0 Å². The monoisotopic (exact) mass is 295 g/mol. The van der Waals surface area contributed by atoms with Gasteiger partial charge in [0.15, 0.2) is 11.6 Å². The van der Waals surface area contributed by atoms with E-state index in [1.165, 1.54) is 16.0 Å². The first-order valence-electron chi connectivity index (χ1n) is 7.31. The Kier molecular flexibility index (Phi) is 2.76. The molecule has 4 rings (SSSR count). The third-order valence-electron chi connectivity index (χ3n) is 4.54. The van der Waals surface area contributed by atoms with Gasteiger partial charge < -0.3 is 4.57 Å². The summed E-state index contributed by atoms with van der Waals surface area (Å²) in [5.41, 5.74) is 2.63. The Morgan fingerprint density at radius 2 is 1.95 bits per heavy atom. The summed E-state index contributed by atoms with van der Waals surface area (Å²) in [5.74, 6) is 2.00. The normalized spacial score (nSPS) is 20.1. The van der Waals surface area contributed by atoms with Crippen molar-refractivity contribution in [3.05, 3.63) is 47.3 Å². The highest BCUT2D eigenvalue weighted by Gasteiger charge is 2.36. The van der Waals surface area contributed by atoms with Gasteiger partial charge in [0.05, 0.1) is 4.88 Å². The molecule has 4 heteroatoms. The van der Waals surface area contributed by atoms with Crippen molar-refractivity contribution >= 4 is 11.3 Å². The largest absolute Gasteiger partial charge is 0.300 e. The van der Waals surface area contributed by atoms with Crippen molar-refractivity contribution in [2.24, 2.45) is 0 Å². The molecule has 0 spiro atoms. The maximum Gasteiger partial charge on any atom is 0.174 e. The molecule has 0 aliphatic carbocycles. The lowest BCUT2D eigenvalue weighted by Crippen LogP contribution is -2.36. The molecule has 2 aromatic heterocycles. The lowest BCUT2D eigenvalue weighted by molar-refractivity contribution is 0.302. The lowest BCUT2D eigenvalue weighted by atomic mass is 9.84. The van der Waals surface area contributed by atoms with Crippen LogP contribution in [0, 0.1) is 0 Å². The van der Waals surface area contributed by atoms with Gasteiger partial charge in [-0.3, -0.25) is 0 Å². The fraction of sp³-hybridized carbons (Fsp3) is 0.294. The number of hydrogen-bond acceptors (Lipinski definition) is 3. The molecule has 3 nitrogen and oxygen atoms in total. The van der Waals surface area contributed by atoms with E-state index in [1.807, 2.05) is 0 Å². The average molecular weight is 295 g/mol. The number of benzene rings is 1. The van der Waals surface area contributed by atoms with Crippen molar-refractivity contribution in [2.75, 3.05) is 0 Å². The number of nitrogens with zero attached hydrogens (tertiary/aromatic N) is 3. The van der Waals surface area contributed by atoms with Gasteiger partial charge >= 0.3 is 0 Å². The number of rotatable bonds is 2. The van der Waals surface area contributed by atoms with Crippen LogP contribution < -0.4 is 0 Å². The smallest absolute Gasteiger partial charge is 0.174 e. The van der Waals surface area contributed by atoms with E-state index >= 15 is 0 Å².